The molecule has 2 fully saturated rings. The molecule has 0 spiro atoms. The maximum Gasteiger partial charge on any atom is 0.267 e. The number of hydrogen-bond acceptors (Lipinski definition) is 5. The quantitative estimate of drug-likeness (QED) is 0.259. The number of amides is 1. The van der Waals surface area contributed by atoms with Crippen LogP contribution in [0, 0.1) is 5.92 Å². The van der Waals surface area contributed by atoms with E-state index in [9.17, 15) is 4.79 Å². The highest BCUT2D eigenvalue weighted by molar-refractivity contribution is 8.18. The fourth-order valence-electron chi connectivity index (χ4n) is 5.05. The summed E-state index contributed by atoms with van der Waals surface area (Å²) in [5.74, 6) is 1.76. The molecule has 0 unspecified atom stereocenters. The summed E-state index contributed by atoms with van der Waals surface area (Å²) >= 11 is 7.45. The lowest BCUT2D eigenvalue weighted by atomic mass is 9.85. The molecule has 202 valence electrons. The zero-order chi connectivity index (χ0) is 27.2. The van der Waals surface area contributed by atoms with Crippen molar-refractivity contribution in [1.82, 2.24) is 4.90 Å². The van der Waals surface area contributed by atoms with E-state index in [1.165, 1.54) is 18.2 Å². The van der Waals surface area contributed by atoms with Crippen molar-refractivity contribution in [2.45, 2.75) is 52.2 Å². The van der Waals surface area contributed by atoms with Crippen LogP contribution in [0.4, 0.5) is 5.69 Å². The summed E-state index contributed by atoms with van der Waals surface area (Å²) in [4.78, 5) is 21.3. The van der Waals surface area contributed by atoms with Crippen LogP contribution in [-0.4, -0.2) is 28.6 Å². The van der Waals surface area contributed by atoms with Gasteiger partial charge in [0.15, 0.2) is 16.7 Å². The second kappa shape index (κ2) is 12.8. The van der Waals surface area contributed by atoms with Crippen LogP contribution in [0.3, 0.4) is 0 Å². The molecule has 0 bridgehead atoms. The lowest BCUT2D eigenvalue weighted by Gasteiger charge is -2.35. The van der Waals surface area contributed by atoms with Gasteiger partial charge in [0.05, 0.1) is 17.2 Å². The second-order valence-corrected chi connectivity index (χ2v) is 11.3. The molecule has 39 heavy (non-hydrogen) atoms. The maximum absolute atomic E-state index is 13.8. The summed E-state index contributed by atoms with van der Waals surface area (Å²) in [5.41, 5.74) is 2.75. The zero-order valence-electron chi connectivity index (χ0n) is 22.3. The van der Waals surface area contributed by atoms with Gasteiger partial charge in [0.2, 0.25) is 0 Å². The molecular weight excluding hydrogens is 528 g/mol. The molecule has 0 aromatic heterocycles. The molecule has 3 aromatic rings. The Morgan fingerprint density at radius 2 is 1.77 bits per heavy atom. The summed E-state index contributed by atoms with van der Waals surface area (Å²) < 4.78 is 12.0. The predicted molar refractivity (Wildman–Crippen MR) is 161 cm³/mol. The summed E-state index contributed by atoms with van der Waals surface area (Å²) in [7, 11) is 0. The van der Waals surface area contributed by atoms with E-state index in [-0.39, 0.29) is 11.9 Å². The molecule has 2 atom stereocenters. The van der Waals surface area contributed by atoms with Gasteiger partial charge in [-0.1, -0.05) is 67.8 Å². The first kappa shape index (κ1) is 27.4. The van der Waals surface area contributed by atoms with E-state index in [0.717, 1.165) is 41.2 Å². The van der Waals surface area contributed by atoms with E-state index >= 15 is 0 Å². The molecule has 1 amide bonds. The van der Waals surface area contributed by atoms with E-state index in [0.29, 0.717) is 40.6 Å². The number of thioether (sulfide) groups is 1. The van der Waals surface area contributed by atoms with Crippen molar-refractivity contribution in [2.24, 2.45) is 10.9 Å². The number of rotatable bonds is 8. The van der Waals surface area contributed by atoms with Gasteiger partial charge < -0.3 is 9.47 Å². The Morgan fingerprint density at radius 3 is 2.51 bits per heavy atom. The highest BCUT2D eigenvalue weighted by Crippen LogP contribution is 2.40. The lowest BCUT2D eigenvalue weighted by Crippen LogP contribution is -2.44. The number of carbonyl (C=O) groups excluding carboxylic acids is 1. The van der Waals surface area contributed by atoms with Gasteiger partial charge in [-0.05, 0) is 91.0 Å². The first-order chi connectivity index (χ1) is 19.0. The molecule has 0 N–H and O–H groups in total. The van der Waals surface area contributed by atoms with Crippen LogP contribution in [-0.2, 0) is 11.4 Å². The van der Waals surface area contributed by atoms with Gasteiger partial charge in [-0.3, -0.25) is 9.69 Å². The van der Waals surface area contributed by atoms with Gasteiger partial charge in [-0.2, -0.15) is 0 Å². The Bertz CT molecular complexity index is 1360. The zero-order valence-corrected chi connectivity index (χ0v) is 23.9. The smallest absolute Gasteiger partial charge is 0.267 e. The number of para-hydroxylation sites is 1. The molecule has 0 radical (unpaired) electrons. The molecular formula is C32H33ClN2O3S. The number of nitrogens with zero attached hydrogens (tertiary/aromatic N) is 2. The van der Waals surface area contributed by atoms with Crippen LogP contribution in [0.5, 0.6) is 11.5 Å². The van der Waals surface area contributed by atoms with E-state index < -0.39 is 0 Å². The number of halogens is 1. The number of benzene rings is 3. The topological polar surface area (TPSA) is 51.1 Å². The third kappa shape index (κ3) is 6.68. The van der Waals surface area contributed by atoms with Crippen LogP contribution in [0.2, 0.25) is 5.02 Å². The number of ether oxygens (including phenoxy) is 2. The van der Waals surface area contributed by atoms with Crippen LogP contribution < -0.4 is 9.47 Å². The summed E-state index contributed by atoms with van der Waals surface area (Å²) in [6.45, 7) is 5.10. The Labute approximate surface area is 239 Å². The molecule has 7 heteroatoms. The number of hydrogen-bond donors (Lipinski definition) is 0. The highest BCUT2D eigenvalue weighted by Gasteiger charge is 2.41. The largest absolute Gasteiger partial charge is 0.490 e. The average Bonchev–Trinajstić information content (AvgIpc) is 3.24. The number of carbonyl (C=O) groups is 1. The van der Waals surface area contributed by atoms with Crippen molar-refractivity contribution in [3.05, 3.63) is 93.9 Å². The minimum Gasteiger partial charge on any atom is -0.490 e. The van der Waals surface area contributed by atoms with Crippen LogP contribution in [0.15, 0.2) is 82.7 Å². The van der Waals surface area contributed by atoms with Crippen molar-refractivity contribution in [2.75, 3.05) is 6.61 Å². The summed E-state index contributed by atoms with van der Waals surface area (Å²) in [6, 6.07) is 23.4. The van der Waals surface area contributed by atoms with Crippen molar-refractivity contribution in [1.29, 1.82) is 0 Å². The van der Waals surface area contributed by atoms with Gasteiger partial charge in [-0.25, -0.2) is 4.99 Å². The van der Waals surface area contributed by atoms with Crippen LogP contribution in [0.25, 0.3) is 6.08 Å². The van der Waals surface area contributed by atoms with E-state index in [4.69, 9.17) is 26.1 Å². The summed E-state index contributed by atoms with van der Waals surface area (Å²) in [5, 5.41) is 1.45. The molecule has 5 nitrogen and oxygen atoms in total. The molecule has 1 saturated heterocycles. The van der Waals surface area contributed by atoms with E-state index in [2.05, 4.69) is 6.92 Å². The van der Waals surface area contributed by atoms with Gasteiger partial charge in [0.1, 0.15) is 6.61 Å². The summed E-state index contributed by atoms with van der Waals surface area (Å²) in [6.07, 6.45) is 6.42. The molecule has 3 aromatic carbocycles. The van der Waals surface area contributed by atoms with Crippen LogP contribution >= 0.6 is 23.4 Å². The normalized spacial score (nSPS) is 21.5. The van der Waals surface area contributed by atoms with E-state index in [1.807, 2.05) is 90.7 Å². The van der Waals surface area contributed by atoms with Gasteiger partial charge in [0, 0.05) is 11.1 Å². The Hall–Kier alpha value is -3.22. The van der Waals surface area contributed by atoms with Crippen molar-refractivity contribution >= 4 is 46.2 Å². The highest BCUT2D eigenvalue weighted by atomic mass is 35.5. The minimum atomic E-state index is 0.0226. The Balaban J connectivity index is 1.42. The molecule has 2 aliphatic rings. The predicted octanol–water partition coefficient (Wildman–Crippen LogP) is 8.50. The first-order valence-corrected chi connectivity index (χ1v) is 14.7. The van der Waals surface area contributed by atoms with Gasteiger partial charge >= 0.3 is 0 Å². The lowest BCUT2D eigenvalue weighted by molar-refractivity contribution is -0.124. The van der Waals surface area contributed by atoms with Gasteiger partial charge in [0.25, 0.3) is 5.91 Å². The molecule has 1 saturated carbocycles. The minimum absolute atomic E-state index is 0.0226. The standard InChI is InChI=1S/C32H33ClN2O3S/c1-3-37-29-19-24(15-18-28(29)38-21-23-13-16-25(33)17-14-23)20-30-31(36)35(27-12-8-7-9-22(27)2)32(39-30)34-26-10-5-4-6-11-26/h4-6,10-11,13-20,22,27H,3,7-9,12,21H2,1-2H3/b30-20-,34-32?/t22-,27+/m0/s1. The van der Waals surface area contributed by atoms with E-state index in [1.54, 1.807) is 0 Å². The molecule has 5 rings (SSSR count). The monoisotopic (exact) mass is 560 g/mol. The average molecular weight is 561 g/mol. The van der Waals surface area contributed by atoms with Crippen LogP contribution in [0.1, 0.15) is 50.7 Å². The SMILES string of the molecule is CCOc1cc(/C=C2\SC(=Nc3ccccc3)N([C@@H]3CCCC[C@@H]3C)C2=O)ccc1OCc1ccc(Cl)cc1. The van der Waals surface area contributed by atoms with Crippen molar-refractivity contribution < 1.29 is 14.3 Å². The fourth-order valence-corrected chi connectivity index (χ4v) is 6.22. The van der Waals surface area contributed by atoms with Gasteiger partial charge in [-0.15, -0.1) is 0 Å². The Morgan fingerprint density at radius 1 is 1.00 bits per heavy atom. The first-order valence-electron chi connectivity index (χ1n) is 13.5. The molecule has 1 aliphatic carbocycles. The Kier molecular flexibility index (Phi) is 8.95. The molecule has 1 aliphatic heterocycles. The number of aliphatic imine (C=N–C) groups is 1. The van der Waals surface area contributed by atoms with Crippen molar-refractivity contribution in [3.63, 3.8) is 0 Å². The van der Waals surface area contributed by atoms with Crippen molar-refractivity contribution in [3.8, 4) is 11.5 Å². The third-order valence-electron chi connectivity index (χ3n) is 7.09. The maximum atomic E-state index is 13.8. The molecule has 1 heterocycles. The third-order valence-corrected chi connectivity index (χ3v) is 8.32. The second-order valence-electron chi connectivity index (χ2n) is 9.90. The number of amidine groups is 1. The fraction of sp³-hybridized carbons (Fsp3) is 0.312.